The standard InChI is InChI=1S/C7H12O2.C2H6/c1-5-4-9-7-6(5)2-3-8-7;1-2/h5-7H,2-4H2,1H3;1-2H3/t5?,6-,7+;/m0./s1. The largest absolute Gasteiger partial charge is 0.352 e. The van der Waals surface area contributed by atoms with Gasteiger partial charge in [-0.05, 0) is 12.3 Å². The average molecular weight is 158 g/mol. The van der Waals surface area contributed by atoms with Gasteiger partial charge in [0.1, 0.15) is 0 Å². The highest BCUT2D eigenvalue weighted by atomic mass is 16.7. The number of ether oxygens (including phenoxy) is 2. The minimum absolute atomic E-state index is 0.153. The second-order valence-electron chi connectivity index (χ2n) is 3.00. The Labute approximate surface area is 68.9 Å². The number of rotatable bonds is 0. The Hall–Kier alpha value is -0.0800. The summed E-state index contributed by atoms with van der Waals surface area (Å²) in [6.45, 7) is 8.04. The molecule has 2 aliphatic rings. The summed E-state index contributed by atoms with van der Waals surface area (Å²) >= 11 is 0. The summed E-state index contributed by atoms with van der Waals surface area (Å²) in [6, 6.07) is 0. The zero-order valence-electron chi connectivity index (χ0n) is 7.67. The van der Waals surface area contributed by atoms with Crippen LogP contribution in [-0.2, 0) is 9.47 Å². The first-order valence-electron chi connectivity index (χ1n) is 4.61. The monoisotopic (exact) mass is 158 g/mol. The van der Waals surface area contributed by atoms with E-state index in [4.69, 9.17) is 9.47 Å². The molecule has 0 aliphatic carbocycles. The zero-order valence-corrected chi connectivity index (χ0v) is 7.67. The van der Waals surface area contributed by atoms with Gasteiger partial charge in [0.15, 0.2) is 6.29 Å². The predicted octanol–water partition coefficient (Wildman–Crippen LogP) is 2.04. The van der Waals surface area contributed by atoms with Crippen molar-refractivity contribution in [1.29, 1.82) is 0 Å². The van der Waals surface area contributed by atoms with Gasteiger partial charge in [0.2, 0.25) is 0 Å². The molecule has 0 N–H and O–H groups in total. The summed E-state index contributed by atoms with van der Waals surface area (Å²) < 4.78 is 10.7. The molecular weight excluding hydrogens is 140 g/mol. The molecule has 2 aliphatic heterocycles. The maximum atomic E-state index is 5.37. The van der Waals surface area contributed by atoms with Crippen LogP contribution in [0.2, 0.25) is 0 Å². The molecule has 1 unspecified atom stereocenters. The van der Waals surface area contributed by atoms with Crippen LogP contribution in [0.25, 0.3) is 0 Å². The Morgan fingerprint density at radius 3 is 2.55 bits per heavy atom. The minimum atomic E-state index is 0.153. The Balaban J connectivity index is 0.000000281. The van der Waals surface area contributed by atoms with Gasteiger partial charge in [-0.2, -0.15) is 0 Å². The molecule has 0 aromatic carbocycles. The van der Waals surface area contributed by atoms with Gasteiger partial charge in [-0.3, -0.25) is 0 Å². The van der Waals surface area contributed by atoms with Crippen LogP contribution >= 0.6 is 0 Å². The smallest absolute Gasteiger partial charge is 0.160 e. The van der Waals surface area contributed by atoms with Crippen molar-refractivity contribution in [2.24, 2.45) is 11.8 Å². The van der Waals surface area contributed by atoms with Crippen molar-refractivity contribution in [3.8, 4) is 0 Å². The predicted molar refractivity (Wildman–Crippen MR) is 44.3 cm³/mol. The van der Waals surface area contributed by atoms with Gasteiger partial charge < -0.3 is 9.47 Å². The Kier molecular flexibility index (Phi) is 3.34. The van der Waals surface area contributed by atoms with Crippen molar-refractivity contribution >= 4 is 0 Å². The van der Waals surface area contributed by atoms with Crippen molar-refractivity contribution in [3.05, 3.63) is 0 Å². The maximum Gasteiger partial charge on any atom is 0.160 e. The highest BCUT2D eigenvalue weighted by Crippen LogP contribution is 2.34. The van der Waals surface area contributed by atoms with Crippen LogP contribution in [-0.4, -0.2) is 19.5 Å². The van der Waals surface area contributed by atoms with Crippen LogP contribution in [0.5, 0.6) is 0 Å². The van der Waals surface area contributed by atoms with Gasteiger partial charge in [0.25, 0.3) is 0 Å². The molecule has 0 aromatic rings. The second-order valence-corrected chi connectivity index (χ2v) is 3.00. The van der Waals surface area contributed by atoms with Gasteiger partial charge in [-0.25, -0.2) is 0 Å². The van der Waals surface area contributed by atoms with Crippen molar-refractivity contribution < 1.29 is 9.47 Å². The van der Waals surface area contributed by atoms with Gasteiger partial charge in [-0.1, -0.05) is 20.8 Å². The molecular formula is C9H18O2. The first kappa shape index (κ1) is 9.01. The lowest BCUT2D eigenvalue weighted by atomic mass is 9.96. The first-order valence-corrected chi connectivity index (χ1v) is 4.61. The topological polar surface area (TPSA) is 18.5 Å². The van der Waals surface area contributed by atoms with Crippen LogP contribution in [0, 0.1) is 11.8 Å². The van der Waals surface area contributed by atoms with Gasteiger partial charge in [0.05, 0.1) is 13.2 Å². The molecule has 2 heterocycles. The molecule has 2 rings (SSSR count). The number of hydrogen-bond acceptors (Lipinski definition) is 2. The van der Waals surface area contributed by atoms with E-state index < -0.39 is 0 Å². The van der Waals surface area contributed by atoms with Crippen molar-refractivity contribution in [3.63, 3.8) is 0 Å². The quantitative estimate of drug-likeness (QED) is 0.537. The van der Waals surface area contributed by atoms with E-state index in [1.165, 1.54) is 6.42 Å². The number of fused-ring (bicyclic) bond motifs is 1. The molecule has 66 valence electrons. The normalized spacial score (nSPS) is 41.2. The highest BCUT2D eigenvalue weighted by molar-refractivity contribution is 4.79. The lowest BCUT2D eigenvalue weighted by molar-refractivity contribution is -0.0905. The molecule has 2 heteroatoms. The lowest BCUT2D eigenvalue weighted by Gasteiger charge is -2.07. The summed E-state index contributed by atoms with van der Waals surface area (Å²) in [4.78, 5) is 0. The van der Waals surface area contributed by atoms with E-state index in [1.54, 1.807) is 0 Å². The third kappa shape index (κ3) is 1.74. The van der Waals surface area contributed by atoms with Crippen LogP contribution in [0.3, 0.4) is 0 Å². The van der Waals surface area contributed by atoms with Gasteiger partial charge in [-0.15, -0.1) is 0 Å². The molecule has 2 fully saturated rings. The summed E-state index contributed by atoms with van der Waals surface area (Å²) in [5, 5.41) is 0. The highest BCUT2D eigenvalue weighted by Gasteiger charge is 2.38. The van der Waals surface area contributed by atoms with E-state index in [0.29, 0.717) is 5.92 Å². The van der Waals surface area contributed by atoms with E-state index >= 15 is 0 Å². The SMILES string of the molecule is CC.CC1CO[C@H]2OCC[C@@H]12. The third-order valence-corrected chi connectivity index (χ3v) is 2.34. The molecule has 0 bridgehead atoms. The minimum Gasteiger partial charge on any atom is -0.352 e. The fraction of sp³-hybridized carbons (Fsp3) is 1.00. The molecule has 11 heavy (non-hydrogen) atoms. The lowest BCUT2D eigenvalue weighted by Crippen LogP contribution is -2.12. The number of hydrogen-bond donors (Lipinski definition) is 0. The summed E-state index contributed by atoms with van der Waals surface area (Å²) in [6.07, 6.45) is 1.35. The first-order chi connectivity index (χ1) is 5.38. The molecule has 3 atom stereocenters. The summed E-state index contributed by atoms with van der Waals surface area (Å²) in [5.41, 5.74) is 0. The van der Waals surface area contributed by atoms with Crippen LogP contribution in [0.15, 0.2) is 0 Å². The van der Waals surface area contributed by atoms with E-state index in [0.717, 1.165) is 19.1 Å². The van der Waals surface area contributed by atoms with Crippen LogP contribution < -0.4 is 0 Å². The Morgan fingerprint density at radius 2 is 1.91 bits per heavy atom. The van der Waals surface area contributed by atoms with E-state index in [-0.39, 0.29) is 6.29 Å². The van der Waals surface area contributed by atoms with Crippen molar-refractivity contribution in [2.45, 2.75) is 33.5 Å². The molecule has 0 saturated carbocycles. The van der Waals surface area contributed by atoms with Gasteiger partial charge in [0, 0.05) is 5.92 Å². The summed E-state index contributed by atoms with van der Waals surface area (Å²) in [5.74, 6) is 1.42. The van der Waals surface area contributed by atoms with E-state index in [2.05, 4.69) is 6.92 Å². The Bertz CT molecular complexity index is 114. The van der Waals surface area contributed by atoms with E-state index in [9.17, 15) is 0 Å². The molecule has 0 spiro atoms. The average Bonchev–Trinajstić information content (AvgIpc) is 2.60. The van der Waals surface area contributed by atoms with Crippen LogP contribution in [0.4, 0.5) is 0 Å². The second kappa shape index (κ2) is 4.07. The fourth-order valence-corrected chi connectivity index (χ4v) is 1.67. The molecule has 2 nitrogen and oxygen atoms in total. The maximum absolute atomic E-state index is 5.37. The zero-order chi connectivity index (χ0) is 8.27. The van der Waals surface area contributed by atoms with Crippen molar-refractivity contribution in [1.82, 2.24) is 0 Å². The molecule has 0 aromatic heterocycles. The van der Waals surface area contributed by atoms with Gasteiger partial charge >= 0.3 is 0 Å². The van der Waals surface area contributed by atoms with Crippen molar-refractivity contribution in [2.75, 3.05) is 13.2 Å². The van der Waals surface area contributed by atoms with E-state index in [1.807, 2.05) is 13.8 Å². The molecule has 0 radical (unpaired) electrons. The van der Waals surface area contributed by atoms with Crippen LogP contribution in [0.1, 0.15) is 27.2 Å². The Morgan fingerprint density at radius 1 is 1.18 bits per heavy atom. The fourth-order valence-electron chi connectivity index (χ4n) is 1.67. The molecule has 2 saturated heterocycles. The third-order valence-electron chi connectivity index (χ3n) is 2.34. The molecule has 0 amide bonds. The summed E-state index contributed by atoms with van der Waals surface area (Å²) in [7, 11) is 0.